The molecule has 0 aliphatic carbocycles. The second-order valence-electron chi connectivity index (χ2n) is 6.17. The smallest absolute Gasteiger partial charge is 0.0122 e. The molecule has 2 heterocycles. The van der Waals surface area contributed by atoms with Gasteiger partial charge in [-0.15, -0.1) is 0 Å². The zero-order valence-electron chi connectivity index (χ0n) is 11.8. The van der Waals surface area contributed by atoms with Crippen LogP contribution in [-0.2, 0) is 0 Å². The van der Waals surface area contributed by atoms with E-state index in [0.717, 1.165) is 18.0 Å². The van der Waals surface area contributed by atoms with Crippen molar-refractivity contribution in [1.82, 2.24) is 15.1 Å². The van der Waals surface area contributed by atoms with E-state index in [9.17, 15) is 0 Å². The molecule has 100 valence electrons. The first-order valence-corrected chi connectivity index (χ1v) is 7.32. The van der Waals surface area contributed by atoms with Gasteiger partial charge in [-0.1, -0.05) is 6.92 Å². The zero-order valence-corrected chi connectivity index (χ0v) is 11.8. The van der Waals surface area contributed by atoms with Gasteiger partial charge in [0.2, 0.25) is 0 Å². The Morgan fingerprint density at radius 2 is 2.00 bits per heavy atom. The second kappa shape index (κ2) is 6.17. The third kappa shape index (κ3) is 3.67. The molecule has 0 bridgehead atoms. The summed E-state index contributed by atoms with van der Waals surface area (Å²) >= 11 is 0. The topological polar surface area (TPSA) is 18.5 Å². The van der Waals surface area contributed by atoms with Gasteiger partial charge in [-0.05, 0) is 65.3 Å². The summed E-state index contributed by atoms with van der Waals surface area (Å²) in [6.07, 6.45) is 4.03. The zero-order chi connectivity index (χ0) is 12.3. The number of rotatable bonds is 1. The minimum absolute atomic E-state index is 0.757. The van der Waals surface area contributed by atoms with Crippen molar-refractivity contribution in [2.45, 2.75) is 45.2 Å². The normalized spacial score (nSPS) is 38.6. The highest BCUT2D eigenvalue weighted by Crippen LogP contribution is 2.22. The van der Waals surface area contributed by atoms with Gasteiger partial charge in [0.15, 0.2) is 0 Å². The molecule has 3 atom stereocenters. The molecule has 0 spiro atoms. The number of likely N-dealkylation sites (tertiary alicyclic amines) is 1. The molecular weight excluding hydrogens is 210 g/mol. The van der Waals surface area contributed by atoms with Crippen LogP contribution in [0.2, 0.25) is 0 Å². The van der Waals surface area contributed by atoms with E-state index in [0.29, 0.717) is 0 Å². The van der Waals surface area contributed by atoms with Gasteiger partial charge in [-0.2, -0.15) is 0 Å². The molecule has 1 N–H and O–H groups in total. The Balaban J connectivity index is 1.90. The lowest BCUT2D eigenvalue weighted by Crippen LogP contribution is -2.50. The third-order valence-corrected chi connectivity index (χ3v) is 4.53. The van der Waals surface area contributed by atoms with E-state index < -0.39 is 0 Å². The van der Waals surface area contributed by atoms with Crippen LogP contribution in [0.1, 0.15) is 33.1 Å². The van der Waals surface area contributed by atoms with Crippen LogP contribution in [0.25, 0.3) is 0 Å². The fourth-order valence-electron chi connectivity index (χ4n) is 3.24. The molecule has 3 unspecified atom stereocenters. The Hall–Kier alpha value is -0.120. The minimum Gasteiger partial charge on any atom is -0.316 e. The van der Waals surface area contributed by atoms with E-state index in [-0.39, 0.29) is 0 Å². The lowest BCUT2D eigenvalue weighted by Gasteiger charge is -2.42. The first kappa shape index (κ1) is 13.3. The van der Waals surface area contributed by atoms with Gasteiger partial charge < -0.3 is 10.2 Å². The Labute approximate surface area is 107 Å². The fourth-order valence-corrected chi connectivity index (χ4v) is 3.24. The van der Waals surface area contributed by atoms with Crippen LogP contribution in [-0.4, -0.2) is 61.7 Å². The van der Waals surface area contributed by atoms with Gasteiger partial charge in [0, 0.05) is 18.6 Å². The number of hydrogen-bond acceptors (Lipinski definition) is 3. The highest BCUT2D eigenvalue weighted by Gasteiger charge is 2.28. The third-order valence-electron chi connectivity index (χ3n) is 4.53. The van der Waals surface area contributed by atoms with Gasteiger partial charge in [-0.25, -0.2) is 0 Å². The van der Waals surface area contributed by atoms with E-state index in [1.165, 1.54) is 52.0 Å². The Kier molecular flexibility index (Phi) is 4.83. The van der Waals surface area contributed by atoms with Crippen molar-refractivity contribution in [2.24, 2.45) is 5.92 Å². The van der Waals surface area contributed by atoms with Crippen molar-refractivity contribution < 1.29 is 0 Å². The van der Waals surface area contributed by atoms with Gasteiger partial charge in [0.05, 0.1) is 0 Å². The Bertz CT molecular complexity index is 232. The molecule has 2 rings (SSSR count). The van der Waals surface area contributed by atoms with Gasteiger partial charge >= 0.3 is 0 Å². The van der Waals surface area contributed by atoms with Crippen LogP contribution < -0.4 is 5.32 Å². The van der Waals surface area contributed by atoms with Crippen molar-refractivity contribution in [3.05, 3.63) is 0 Å². The van der Waals surface area contributed by atoms with Gasteiger partial charge in [0.25, 0.3) is 0 Å². The second-order valence-corrected chi connectivity index (χ2v) is 6.17. The van der Waals surface area contributed by atoms with Crippen LogP contribution >= 0.6 is 0 Å². The van der Waals surface area contributed by atoms with Crippen molar-refractivity contribution in [3.63, 3.8) is 0 Å². The number of nitrogens with zero attached hydrogens (tertiary/aromatic N) is 2. The quantitative estimate of drug-likeness (QED) is 0.746. The maximum absolute atomic E-state index is 3.54. The Morgan fingerprint density at radius 3 is 2.76 bits per heavy atom. The van der Waals surface area contributed by atoms with E-state index in [1.54, 1.807) is 0 Å². The molecule has 2 fully saturated rings. The standard InChI is InChI=1S/C14H29N3/c1-12-10-15-6-4-7-17(11-12)14-5-8-16(3)13(2)9-14/h12-15H,4-11H2,1-3H3. The summed E-state index contributed by atoms with van der Waals surface area (Å²) < 4.78 is 0. The molecule has 0 amide bonds. The average molecular weight is 239 g/mol. The monoisotopic (exact) mass is 239 g/mol. The lowest BCUT2D eigenvalue weighted by atomic mass is 9.95. The number of nitrogens with one attached hydrogen (secondary N) is 1. The molecule has 0 aromatic rings. The first-order chi connectivity index (χ1) is 8.16. The summed E-state index contributed by atoms with van der Waals surface area (Å²) in [6.45, 7) is 11.0. The van der Waals surface area contributed by atoms with E-state index in [2.05, 4.69) is 36.0 Å². The van der Waals surface area contributed by atoms with Gasteiger partial charge in [-0.3, -0.25) is 4.90 Å². The minimum atomic E-state index is 0.757. The van der Waals surface area contributed by atoms with Crippen molar-refractivity contribution >= 4 is 0 Å². The predicted octanol–water partition coefficient (Wildman–Crippen LogP) is 1.40. The molecule has 2 aliphatic heterocycles. The number of piperidine rings is 1. The molecule has 0 radical (unpaired) electrons. The average Bonchev–Trinajstić information content (AvgIpc) is 2.27. The summed E-state index contributed by atoms with van der Waals surface area (Å²) in [5.41, 5.74) is 0. The van der Waals surface area contributed by atoms with Crippen LogP contribution in [0, 0.1) is 5.92 Å². The SMILES string of the molecule is CC1CNCCCN(C2CCN(C)C(C)C2)C1. The molecule has 0 saturated carbocycles. The maximum Gasteiger partial charge on any atom is 0.0122 e. The molecule has 0 aromatic heterocycles. The summed E-state index contributed by atoms with van der Waals surface area (Å²) in [4.78, 5) is 5.28. The largest absolute Gasteiger partial charge is 0.316 e. The summed E-state index contributed by atoms with van der Waals surface area (Å²) in [5, 5.41) is 3.54. The maximum atomic E-state index is 3.54. The van der Waals surface area contributed by atoms with E-state index in [1.807, 2.05) is 0 Å². The lowest BCUT2D eigenvalue weighted by molar-refractivity contribution is 0.0733. The molecule has 0 aromatic carbocycles. The van der Waals surface area contributed by atoms with Crippen LogP contribution in [0.4, 0.5) is 0 Å². The molecule has 2 aliphatic rings. The van der Waals surface area contributed by atoms with E-state index in [4.69, 9.17) is 0 Å². The fraction of sp³-hybridized carbons (Fsp3) is 1.00. The Morgan fingerprint density at radius 1 is 1.18 bits per heavy atom. The van der Waals surface area contributed by atoms with Crippen molar-refractivity contribution in [2.75, 3.05) is 39.8 Å². The number of hydrogen-bond donors (Lipinski definition) is 1. The molecule has 17 heavy (non-hydrogen) atoms. The highest BCUT2D eigenvalue weighted by atomic mass is 15.2. The molecule has 3 heteroatoms. The van der Waals surface area contributed by atoms with Crippen molar-refractivity contribution in [3.8, 4) is 0 Å². The molecular formula is C14H29N3. The summed E-state index contributed by atoms with van der Waals surface area (Å²) in [6, 6.07) is 1.59. The van der Waals surface area contributed by atoms with Crippen LogP contribution in [0.5, 0.6) is 0 Å². The van der Waals surface area contributed by atoms with Crippen LogP contribution in [0.3, 0.4) is 0 Å². The van der Waals surface area contributed by atoms with Gasteiger partial charge in [0.1, 0.15) is 0 Å². The van der Waals surface area contributed by atoms with E-state index >= 15 is 0 Å². The first-order valence-electron chi connectivity index (χ1n) is 7.32. The molecule has 3 nitrogen and oxygen atoms in total. The van der Waals surface area contributed by atoms with Crippen LogP contribution in [0.15, 0.2) is 0 Å². The highest BCUT2D eigenvalue weighted by molar-refractivity contribution is 4.85. The summed E-state index contributed by atoms with van der Waals surface area (Å²) in [5.74, 6) is 0.797. The predicted molar refractivity (Wildman–Crippen MR) is 73.3 cm³/mol. The summed E-state index contributed by atoms with van der Waals surface area (Å²) in [7, 11) is 2.26. The van der Waals surface area contributed by atoms with Crippen molar-refractivity contribution in [1.29, 1.82) is 0 Å². The molecule has 2 saturated heterocycles.